The molecular weight excluding hydrogens is 272 g/mol. The van der Waals surface area contributed by atoms with Gasteiger partial charge in [0.2, 0.25) is 0 Å². The molecule has 0 radical (unpaired) electrons. The van der Waals surface area contributed by atoms with E-state index in [4.69, 9.17) is 9.84 Å². The first kappa shape index (κ1) is 14.5. The van der Waals surface area contributed by atoms with Gasteiger partial charge in [-0.2, -0.15) is 0 Å². The number of allylic oxidation sites excluding steroid dienone is 1. The van der Waals surface area contributed by atoms with Crippen LogP contribution in [0.4, 0.5) is 0 Å². The van der Waals surface area contributed by atoms with Gasteiger partial charge < -0.3 is 14.8 Å². The lowest BCUT2D eigenvalue weighted by Gasteiger charge is -2.09. The maximum Gasteiger partial charge on any atom is 0.342 e. The summed E-state index contributed by atoms with van der Waals surface area (Å²) in [7, 11) is 0. The molecule has 1 aromatic carbocycles. The van der Waals surface area contributed by atoms with Crippen LogP contribution < -0.4 is 10.3 Å². The number of aromatic nitrogens is 2. The second-order valence-electron chi connectivity index (χ2n) is 4.27. The molecule has 0 fully saturated rings. The summed E-state index contributed by atoms with van der Waals surface area (Å²) in [6.07, 6.45) is 3.46. The number of carbonyl (C=O) groups is 1. The van der Waals surface area contributed by atoms with Crippen LogP contribution in [-0.2, 0) is 13.0 Å². The summed E-state index contributed by atoms with van der Waals surface area (Å²) in [6.45, 7) is 3.73. The predicted molar refractivity (Wildman–Crippen MR) is 76.5 cm³/mol. The van der Waals surface area contributed by atoms with E-state index in [1.54, 1.807) is 6.08 Å². The molecule has 0 aliphatic carbocycles. The molecule has 0 saturated carbocycles. The van der Waals surface area contributed by atoms with Crippen LogP contribution in [0.1, 0.15) is 21.7 Å². The van der Waals surface area contributed by atoms with E-state index >= 15 is 0 Å². The van der Waals surface area contributed by atoms with Gasteiger partial charge in [-0.15, -0.1) is 6.58 Å². The Hall–Kier alpha value is -2.89. The molecule has 0 atom stereocenters. The lowest BCUT2D eigenvalue weighted by atomic mass is 10.1. The van der Waals surface area contributed by atoms with Crippen LogP contribution in [-0.4, -0.2) is 21.0 Å². The molecule has 6 heteroatoms. The lowest BCUT2D eigenvalue weighted by Crippen LogP contribution is -2.20. The van der Waals surface area contributed by atoms with Crippen LogP contribution in [0, 0.1) is 0 Å². The Balaban J connectivity index is 2.13. The Labute approximate surface area is 120 Å². The van der Waals surface area contributed by atoms with Gasteiger partial charge in [0.25, 0.3) is 5.56 Å². The fourth-order valence-corrected chi connectivity index (χ4v) is 1.77. The van der Waals surface area contributed by atoms with Crippen molar-refractivity contribution in [1.29, 1.82) is 0 Å². The second kappa shape index (κ2) is 6.51. The quantitative estimate of drug-likeness (QED) is 0.790. The van der Waals surface area contributed by atoms with Crippen LogP contribution in [0.2, 0.25) is 0 Å². The number of benzene rings is 1. The highest BCUT2D eigenvalue weighted by Gasteiger charge is 2.10. The predicted octanol–water partition coefficient (Wildman–Crippen LogP) is 1.78. The van der Waals surface area contributed by atoms with Gasteiger partial charge in [-0.3, -0.25) is 4.79 Å². The molecule has 2 aromatic rings. The van der Waals surface area contributed by atoms with Crippen molar-refractivity contribution < 1.29 is 14.6 Å². The monoisotopic (exact) mass is 286 g/mol. The number of ether oxygens (including phenoxy) is 1. The van der Waals surface area contributed by atoms with Crippen LogP contribution in [0.25, 0.3) is 0 Å². The van der Waals surface area contributed by atoms with Gasteiger partial charge in [0, 0.05) is 6.20 Å². The molecule has 0 saturated heterocycles. The first-order valence-corrected chi connectivity index (χ1v) is 6.25. The third-order valence-electron chi connectivity index (χ3n) is 2.78. The first-order chi connectivity index (χ1) is 10.1. The van der Waals surface area contributed by atoms with Gasteiger partial charge in [0.15, 0.2) is 0 Å². The third-order valence-corrected chi connectivity index (χ3v) is 2.78. The Kier molecular flexibility index (Phi) is 4.50. The third kappa shape index (κ3) is 3.56. The van der Waals surface area contributed by atoms with Gasteiger partial charge in [0.05, 0.1) is 0 Å². The van der Waals surface area contributed by atoms with Crippen molar-refractivity contribution in [3.05, 3.63) is 70.4 Å². The number of hydrogen-bond donors (Lipinski definition) is 2. The van der Waals surface area contributed by atoms with Crippen molar-refractivity contribution in [2.45, 2.75) is 13.0 Å². The highest BCUT2D eigenvalue weighted by Crippen LogP contribution is 2.19. The molecule has 0 unspecified atom stereocenters. The minimum absolute atomic E-state index is 0.0449. The Morgan fingerprint density at radius 1 is 1.43 bits per heavy atom. The number of aromatic carboxylic acids is 1. The summed E-state index contributed by atoms with van der Waals surface area (Å²) in [6, 6.07) is 7.46. The summed E-state index contributed by atoms with van der Waals surface area (Å²) in [5.74, 6) is -0.381. The van der Waals surface area contributed by atoms with Crippen molar-refractivity contribution in [2.24, 2.45) is 0 Å². The molecule has 0 aliphatic rings. The number of hydrogen-bond acceptors (Lipinski definition) is 4. The SMILES string of the molecule is C=CCc1ccccc1OCc1ncc(C(=O)O)c(=O)[nH]1. The number of carboxylic acids is 1. The van der Waals surface area contributed by atoms with Crippen LogP contribution >= 0.6 is 0 Å². The zero-order chi connectivity index (χ0) is 15.2. The fourth-order valence-electron chi connectivity index (χ4n) is 1.77. The van der Waals surface area contributed by atoms with E-state index in [1.165, 1.54) is 0 Å². The maximum atomic E-state index is 11.5. The number of para-hydroxylation sites is 1. The average molecular weight is 286 g/mol. The highest BCUT2D eigenvalue weighted by molar-refractivity contribution is 5.86. The number of nitrogens with one attached hydrogen (secondary N) is 1. The highest BCUT2D eigenvalue weighted by atomic mass is 16.5. The molecular formula is C15H14N2O4. The normalized spacial score (nSPS) is 10.1. The molecule has 0 spiro atoms. The largest absolute Gasteiger partial charge is 0.485 e. The van der Waals surface area contributed by atoms with E-state index < -0.39 is 17.1 Å². The molecule has 0 bridgehead atoms. The summed E-state index contributed by atoms with van der Waals surface area (Å²) < 4.78 is 5.60. The summed E-state index contributed by atoms with van der Waals surface area (Å²) in [4.78, 5) is 28.5. The molecule has 108 valence electrons. The molecule has 2 rings (SSSR count). The fraction of sp³-hybridized carbons (Fsp3) is 0.133. The summed E-state index contributed by atoms with van der Waals surface area (Å²) in [5.41, 5.74) is -0.127. The van der Waals surface area contributed by atoms with Gasteiger partial charge in [-0.1, -0.05) is 24.3 Å². The van der Waals surface area contributed by atoms with Crippen molar-refractivity contribution in [3.8, 4) is 5.75 Å². The number of H-pyrrole nitrogens is 1. The smallest absolute Gasteiger partial charge is 0.342 e. The van der Waals surface area contributed by atoms with Crippen molar-refractivity contribution in [2.75, 3.05) is 0 Å². The molecule has 21 heavy (non-hydrogen) atoms. The number of nitrogens with zero attached hydrogens (tertiary/aromatic N) is 1. The molecule has 0 aliphatic heterocycles. The van der Waals surface area contributed by atoms with E-state index in [0.717, 1.165) is 11.8 Å². The van der Waals surface area contributed by atoms with Crippen LogP contribution in [0.15, 0.2) is 47.9 Å². The number of rotatable bonds is 6. The van der Waals surface area contributed by atoms with E-state index in [0.29, 0.717) is 12.2 Å². The molecule has 6 nitrogen and oxygen atoms in total. The van der Waals surface area contributed by atoms with Crippen molar-refractivity contribution in [3.63, 3.8) is 0 Å². The Bertz CT molecular complexity index is 722. The zero-order valence-electron chi connectivity index (χ0n) is 11.2. The van der Waals surface area contributed by atoms with Gasteiger partial charge in [0.1, 0.15) is 23.7 Å². The number of aromatic amines is 1. The number of carboxylic acid groups (broad SMARTS) is 1. The molecule has 2 N–H and O–H groups in total. The molecule has 1 aromatic heterocycles. The summed E-state index contributed by atoms with van der Waals surface area (Å²) >= 11 is 0. The minimum Gasteiger partial charge on any atom is -0.485 e. The Morgan fingerprint density at radius 3 is 2.86 bits per heavy atom. The standard InChI is InChI=1S/C15H14N2O4/c1-2-5-10-6-3-4-7-12(10)21-9-13-16-8-11(15(19)20)14(18)17-13/h2-4,6-8H,1,5,9H2,(H,19,20)(H,16,17,18). The maximum absolute atomic E-state index is 11.5. The molecule has 1 heterocycles. The summed E-state index contributed by atoms with van der Waals surface area (Å²) in [5, 5.41) is 8.76. The van der Waals surface area contributed by atoms with Gasteiger partial charge >= 0.3 is 5.97 Å². The average Bonchev–Trinajstić information content (AvgIpc) is 2.46. The van der Waals surface area contributed by atoms with Crippen LogP contribution in [0.5, 0.6) is 5.75 Å². The topological polar surface area (TPSA) is 92.3 Å². The minimum atomic E-state index is -1.31. The second-order valence-corrected chi connectivity index (χ2v) is 4.27. The lowest BCUT2D eigenvalue weighted by molar-refractivity contribution is 0.0694. The van der Waals surface area contributed by atoms with E-state index in [1.807, 2.05) is 24.3 Å². The zero-order valence-corrected chi connectivity index (χ0v) is 11.2. The van der Waals surface area contributed by atoms with Crippen molar-refractivity contribution >= 4 is 5.97 Å². The van der Waals surface area contributed by atoms with Gasteiger partial charge in [-0.25, -0.2) is 9.78 Å². The van der Waals surface area contributed by atoms with E-state index in [2.05, 4.69) is 16.5 Å². The van der Waals surface area contributed by atoms with Gasteiger partial charge in [-0.05, 0) is 18.1 Å². The molecule has 0 amide bonds. The Morgan fingerprint density at radius 2 is 2.19 bits per heavy atom. The van der Waals surface area contributed by atoms with Crippen LogP contribution in [0.3, 0.4) is 0 Å². The van der Waals surface area contributed by atoms with E-state index in [9.17, 15) is 9.59 Å². The first-order valence-electron chi connectivity index (χ1n) is 6.25. The van der Waals surface area contributed by atoms with E-state index in [-0.39, 0.29) is 12.4 Å². The van der Waals surface area contributed by atoms with Crippen molar-refractivity contribution in [1.82, 2.24) is 9.97 Å².